The molecule has 0 spiro atoms. The highest BCUT2D eigenvalue weighted by molar-refractivity contribution is 5.65. The molecule has 1 atom stereocenters. The SMILES string of the molecule is CC(CC=O)NC(=O)O. The van der Waals surface area contributed by atoms with Crippen LogP contribution in [0.3, 0.4) is 0 Å². The molecule has 0 saturated carbocycles. The predicted octanol–water partition coefficient (Wildman–Crippen LogP) is 0.232. The molecule has 0 aromatic carbocycles. The third-order valence-corrected chi connectivity index (χ3v) is 0.820. The first-order chi connectivity index (χ1) is 4.16. The Morgan fingerprint density at radius 3 is 2.78 bits per heavy atom. The Morgan fingerprint density at radius 2 is 2.44 bits per heavy atom. The van der Waals surface area contributed by atoms with Gasteiger partial charge >= 0.3 is 6.09 Å². The molecule has 0 aliphatic rings. The molecule has 0 radical (unpaired) electrons. The number of carbonyl (C=O) groups is 2. The molecule has 52 valence electrons. The lowest BCUT2D eigenvalue weighted by Crippen LogP contribution is -2.31. The van der Waals surface area contributed by atoms with Crippen LogP contribution in [-0.2, 0) is 4.79 Å². The highest BCUT2D eigenvalue weighted by Crippen LogP contribution is 1.83. The summed E-state index contributed by atoms with van der Waals surface area (Å²) in [5.74, 6) is 0. The minimum atomic E-state index is -1.09. The molecular weight excluding hydrogens is 122 g/mol. The Morgan fingerprint density at radius 1 is 1.89 bits per heavy atom. The Kier molecular flexibility index (Phi) is 3.43. The molecule has 0 bridgehead atoms. The van der Waals surface area contributed by atoms with Crippen molar-refractivity contribution in [2.24, 2.45) is 0 Å². The number of carboxylic acid groups (broad SMARTS) is 1. The fraction of sp³-hybridized carbons (Fsp3) is 0.600. The van der Waals surface area contributed by atoms with Crippen molar-refractivity contribution in [1.82, 2.24) is 5.32 Å². The van der Waals surface area contributed by atoms with E-state index in [-0.39, 0.29) is 12.5 Å². The zero-order valence-electron chi connectivity index (χ0n) is 5.13. The Labute approximate surface area is 52.9 Å². The van der Waals surface area contributed by atoms with Gasteiger partial charge in [-0.2, -0.15) is 0 Å². The second-order valence-electron chi connectivity index (χ2n) is 1.75. The Bertz CT molecular complexity index is 113. The van der Waals surface area contributed by atoms with E-state index >= 15 is 0 Å². The van der Waals surface area contributed by atoms with Crippen molar-refractivity contribution in [3.05, 3.63) is 0 Å². The molecule has 9 heavy (non-hydrogen) atoms. The van der Waals surface area contributed by atoms with Crippen LogP contribution in [0.1, 0.15) is 13.3 Å². The first kappa shape index (κ1) is 7.94. The van der Waals surface area contributed by atoms with Gasteiger partial charge in [0.25, 0.3) is 0 Å². The van der Waals surface area contributed by atoms with Crippen LogP contribution in [0.15, 0.2) is 0 Å². The zero-order valence-corrected chi connectivity index (χ0v) is 5.13. The summed E-state index contributed by atoms with van der Waals surface area (Å²) >= 11 is 0. The van der Waals surface area contributed by atoms with Crippen molar-refractivity contribution in [3.63, 3.8) is 0 Å². The third-order valence-electron chi connectivity index (χ3n) is 0.820. The lowest BCUT2D eigenvalue weighted by atomic mass is 10.3. The van der Waals surface area contributed by atoms with E-state index in [1.807, 2.05) is 0 Å². The average molecular weight is 131 g/mol. The molecule has 1 unspecified atom stereocenters. The fourth-order valence-electron chi connectivity index (χ4n) is 0.414. The maximum absolute atomic E-state index is 9.86. The topological polar surface area (TPSA) is 66.4 Å². The largest absolute Gasteiger partial charge is 0.465 e. The van der Waals surface area contributed by atoms with Gasteiger partial charge in [-0.25, -0.2) is 4.79 Å². The molecule has 0 aliphatic heterocycles. The van der Waals surface area contributed by atoms with E-state index in [0.29, 0.717) is 6.29 Å². The zero-order chi connectivity index (χ0) is 7.28. The predicted molar refractivity (Wildman–Crippen MR) is 31.3 cm³/mol. The van der Waals surface area contributed by atoms with Crippen molar-refractivity contribution < 1.29 is 14.7 Å². The summed E-state index contributed by atoms with van der Waals surface area (Å²) in [5, 5.41) is 10.2. The van der Waals surface area contributed by atoms with Gasteiger partial charge < -0.3 is 15.2 Å². The monoisotopic (exact) mass is 131 g/mol. The van der Waals surface area contributed by atoms with Crippen LogP contribution in [0.25, 0.3) is 0 Å². The van der Waals surface area contributed by atoms with E-state index in [9.17, 15) is 9.59 Å². The fourth-order valence-corrected chi connectivity index (χ4v) is 0.414. The van der Waals surface area contributed by atoms with E-state index in [1.54, 1.807) is 6.92 Å². The average Bonchev–Trinajstić information content (AvgIpc) is 1.63. The summed E-state index contributed by atoms with van der Waals surface area (Å²) in [6, 6.07) is -0.278. The minimum Gasteiger partial charge on any atom is -0.465 e. The second kappa shape index (κ2) is 3.88. The number of rotatable bonds is 3. The number of aldehydes is 1. The molecular formula is C5H9NO3. The van der Waals surface area contributed by atoms with Crippen LogP contribution in [0.2, 0.25) is 0 Å². The number of amides is 1. The standard InChI is InChI=1S/C5H9NO3/c1-4(2-3-7)6-5(8)9/h3-4,6H,2H2,1H3,(H,8,9). The maximum atomic E-state index is 9.86. The van der Waals surface area contributed by atoms with Gasteiger partial charge in [0.15, 0.2) is 0 Å². The van der Waals surface area contributed by atoms with E-state index in [2.05, 4.69) is 5.32 Å². The first-order valence-electron chi connectivity index (χ1n) is 2.60. The quantitative estimate of drug-likeness (QED) is 0.539. The van der Waals surface area contributed by atoms with Gasteiger partial charge in [-0.15, -0.1) is 0 Å². The second-order valence-corrected chi connectivity index (χ2v) is 1.75. The summed E-state index contributed by atoms with van der Waals surface area (Å²) in [6.07, 6.45) is -0.184. The van der Waals surface area contributed by atoms with Gasteiger partial charge in [-0.3, -0.25) is 0 Å². The highest BCUT2D eigenvalue weighted by Gasteiger charge is 2.01. The van der Waals surface area contributed by atoms with Gasteiger partial charge in [0.1, 0.15) is 6.29 Å². The summed E-state index contributed by atoms with van der Waals surface area (Å²) < 4.78 is 0. The van der Waals surface area contributed by atoms with Gasteiger partial charge in [0, 0.05) is 12.5 Å². The highest BCUT2D eigenvalue weighted by atomic mass is 16.4. The molecule has 0 aromatic heterocycles. The van der Waals surface area contributed by atoms with Crippen LogP contribution >= 0.6 is 0 Å². The first-order valence-corrected chi connectivity index (χ1v) is 2.60. The van der Waals surface area contributed by atoms with Crippen LogP contribution < -0.4 is 5.32 Å². The van der Waals surface area contributed by atoms with Gasteiger partial charge in [0.05, 0.1) is 0 Å². The van der Waals surface area contributed by atoms with Crippen molar-refractivity contribution in [2.45, 2.75) is 19.4 Å². The minimum absolute atomic E-state index is 0.228. The van der Waals surface area contributed by atoms with Crippen LogP contribution in [-0.4, -0.2) is 23.5 Å². The molecule has 0 saturated heterocycles. The third kappa shape index (κ3) is 4.80. The summed E-state index contributed by atoms with van der Waals surface area (Å²) in [7, 11) is 0. The number of hydrogen-bond donors (Lipinski definition) is 2. The van der Waals surface area contributed by atoms with E-state index in [4.69, 9.17) is 5.11 Å². The molecule has 0 aliphatic carbocycles. The van der Waals surface area contributed by atoms with E-state index < -0.39 is 6.09 Å². The summed E-state index contributed by atoms with van der Waals surface area (Å²) in [4.78, 5) is 19.6. The molecule has 0 fully saturated rings. The number of hydrogen-bond acceptors (Lipinski definition) is 2. The van der Waals surface area contributed by atoms with E-state index in [1.165, 1.54) is 0 Å². The Balaban J connectivity index is 3.37. The summed E-state index contributed by atoms with van der Waals surface area (Å²) in [6.45, 7) is 1.63. The number of nitrogens with one attached hydrogen (secondary N) is 1. The Hall–Kier alpha value is -1.06. The van der Waals surface area contributed by atoms with Crippen LogP contribution in [0.4, 0.5) is 4.79 Å². The summed E-state index contributed by atoms with van der Waals surface area (Å²) in [5.41, 5.74) is 0. The molecule has 1 amide bonds. The van der Waals surface area contributed by atoms with Crippen molar-refractivity contribution in [2.75, 3.05) is 0 Å². The number of carbonyl (C=O) groups excluding carboxylic acids is 1. The van der Waals surface area contributed by atoms with Crippen molar-refractivity contribution >= 4 is 12.4 Å². The van der Waals surface area contributed by atoms with Gasteiger partial charge in [-0.1, -0.05) is 0 Å². The van der Waals surface area contributed by atoms with Crippen LogP contribution in [0.5, 0.6) is 0 Å². The van der Waals surface area contributed by atoms with Crippen molar-refractivity contribution in [3.8, 4) is 0 Å². The lowest BCUT2D eigenvalue weighted by molar-refractivity contribution is -0.108. The maximum Gasteiger partial charge on any atom is 0.404 e. The smallest absolute Gasteiger partial charge is 0.404 e. The molecule has 0 rings (SSSR count). The lowest BCUT2D eigenvalue weighted by Gasteiger charge is -2.04. The molecule has 0 heterocycles. The normalized spacial score (nSPS) is 12.1. The van der Waals surface area contributed by atoms with Crippen LogP contribution in [0, 0.1) is 0 Å². The van der Waals surface area contributed by atoms with Gasteiger partial charge in [0.2, 0.25) is 0 Å². The molecule has 2 N–H and O–H groups in total. The molecule has 4 nitrogen and oxygen atoms in total. The van der Waals surface area contributed by atoms with Crippen molar-refractivity contribution in [1.29, 1.82) is 0 Å². The van der Waals surface area contributed by atoms with E-state index in [0.717, 1.165) is 0 Å². The molecule has 4 heteroatoms. The van der Waals surface area contributed by atoms with Gasteiger partial charge in [-0.05, 0) is 6.92 Å². The molecule has 0 aromatic rings.